The molecule has 1 aromatic carbocycles. The lowest BCUT2D eigenvalue weighted by Crippen LogP contribution is -2.07. The van der Waals surface area contributed by atoms with Gasteiger partial charge in [-0.3, -0.25) is 10.1 Å². The molecule has 0 saturated heterocycles. The number of hydrogen-bond donors (Lipinski definition) is 0. The van der Waals surface area contributed by atoms with Crippen LogP contribution in [0, 0.1) is 21.4 Å². The molecular formula is C11H11N3O2. The Morgan fingerprint density at radius 3 is 2.38 bits per heavy atom. The van der Waals surface area contributed by atoms with Gasteiger partial charge in [-0.2, -0.15) is 5.26 Å². The smallest absolute Gasteiger partial charge is 0.346 e. The maximum Gasteiger partial charge on any atom is 0.346 e. The summed E-state index contributed by atoms with van der Waals surface area (Å²) in [4.78, 5) is 11.6. The number of nitro groups is 1. The number of benzene rings is 1. The predicted octanol–water partition coefficient (Wildman–Crippen LogP) is 1.89. The highest BCUT2D eigenvalue weighted by Crippen LogP contribution is 2.14. The fourth-order valence-corrected chi connectivity index (χ4v) is 1.15. The summed E-state index contributed by atoms with van der Waals surface area (Å²) < 4.78 is 0. The second-order valence-corrected chi connectivity index (χ2v) is 3.38. The van der Waals surface area contributed by atoms with Crippen LogP contribution in [0.4, 0.5) is 5.69 Å². The summed E-state index contributed by atoms with van der Waals surface area (Å²) >= 11 is 0. The van der Waals surface area contributed by atoms with E-state index in [4.69, 9.17) is 5.26 Å². The van der Waals surface area contributed by atoms with Crippen LogP contribution in [0.1, 0.15) is 5.56 Å². The van der Waals surface area contributed by atoms with Gasteiger partial charge < -0.3 is 4.90 Å². The van der Waals surface area contributed by atoms with Gasteiger partial charge in [-0.1, -0.05) is 12.1 Å². The molecule has 1 aromatic rings. The Morgan fingerprint density at radius 1 is 1.44 bits per heavy atom. The number of nitrogens with zero attached hydrogens (tertiary/aromatic N) is 3. The molecule has 0 aliphatic carbocycles. The van der Waals surface area contributed by atoms with Crippen molar-refractivity contribution in [1.82, 2.24) is 0 Å². The molecule has 5 heteroatoms. The van der Waals surface area contributed by atoms with Crippen LogP contribution >= 0.6 is 0 Å². The maximum absolute atomic E-state index is 10.4. The summed E-state index contributed by atoms with van der Waals surface area (Å²) in [6.07, 6.45) is 1.25. The lowest BCUT2D eigenvalue weighted by atomic mass is 10.2. The molecule has 0 fully saturated rings. The van der Waals surface area contributed by atoms with Crippen LogP contribution in [0.2, 0.25) is 0 Å². The molecule has 0 saturated carbocycles. The first-order valence-electron chi connectivity index (χ1n) is 4.58. The lowest BCUT2D eigenvalue weighted by molar-refractivity contribution is -0.415. The number of allylic oxidation sites excluding steroid dienone is 1. The average Bonchev–Trinajstić information content (AvgIpc) is 2.26. The number of hydrogen-bond acceptors (Lipinski definition) is 4. The molecular weight excluding hydrogens is 206 g/mol. The topological polar surface area (TPSA) is 70.2 Å². The van der Waals surface area contributed by atoms with Gasteiger partial charge in [-0.15, -0.1) is 0 Å². The molecule has 1 rings (SSSR count). The first-order valence-corrected chi connectivity index (χ1v) is 4.58. The summed E-state index contributed by atoms with van der Waals surface area (Å²) in [6, 6.07) is 8.67. The molecule has 0 aliphatic heterocycles. The minimum absolute atomic E-state index is 0.461. The van der Waals surface area contributed by atoms with E-state index in [0.717, 1.165) is 5.69 Å². The third-order valence-electron chi connectivity index (χ3n) is 2.02. The highest BCUT2D eigenvalue weighted by Gasteiger charge is 2.08. The van der Waals surface area contributed by atoms with Gasteiger partial charge in [-0.05, 0) is 17.7 Å². The van der Waals surface area contributed by atoms with Crippen LogP contribution in [0.25, 0.3) is 6.08 Å². The van der Waals surface area contributed by atoms with Gasteiger partial charge in [0.15, 0.2) is 6.07 Å². The van der Waals surface area contributed by atoms with Crippen LogP contribution in [0.15, 0.2) is 30.0 Å². The number of nitriles is 1. The summed E-state index contributed by atoms with van der Waals surface area (Å²) in [5.41, 5.74) is 1.17. The van der Waals surface area contributed by atoms with Crippen molar-refractivity contribution in [3.63, 3.8) is 0 Å². The van der Waals surface area contributed by atoms with Crippen molar-refractivity contribution in [2.45, 2.75) is 0 Å². The summed E-state index contributed by atoms with van der Waals surface area (Å²) in [6.45, 7) is 0. The fraction of sp³-hybridized carbons (Fsp3) is 0.182. The fourth-order valence-electron chi connectivity index (χ4n) is 1.15. The Kier molecular flexibility index (Phi) is 3.62. The normalized spacial score (nSPS) is 10.7. The molecule has 16 heavy (non-hydrogen) atoms. The zero-order chi connectivity index (χ0) is 12.1. The number of anilines is 1. The standard InChI is InChI=1S/C11H11N3O2/c1-13(2)10-5-3-9(4-6-10)7-11(8-12)14(15)16/h3-7H,1-2H3. The largest absolute Gasteiger partial charge is 0.378 e. The van der Waals surface area contributed by atoms with Crippen LogP contribution < -0.4 is 4.90 Å². The van der Waals surface area contributed by atoms with Gasteiger partial charge in [0.25, 0.3) is 0 Å². The molecule has 0 atom stereocenters. The molecule has 0 spiro atoms. The molecule has 0 unspecified atom stereocenters. The average molecular weight is 217 g/mol. The van der Waals surface area contributed by atoms with Gasteiger partial charge in [-0.25, -0.2) is 0 Å². The van der Waals surface area contributed by atoms with Gasteiger partial charge in [0.05, 0.1) is 4.92 Å². The zero-order valence-corrected chi connectivity index (χ0v) is 9.04. The second-order valence-electron chi connectivity index (χ2n) is 3.38. The molecule has 0 radical (unpaired) electrons. The van der Waals surface area contributed by atoms with E-state index in [-0.39, 0.29) is 0 Å². The van der Waals surface area contributed by atoms with Crippen LogP contribution in [-0.2, 0) is 0 Å². The Labute approximate surface area is 93.4 Å². The van der Waals surface area contributed by atoms with E-state index in [2.05, 4.69) is 0 Å². The van der Waals surface area contributed by atoms with Crippen LogP contribution in [0.5, 0.6) is 0 Å². The third-order valence-corrected chi connectivity index (χ3v) is 2.02. The first kappa shape index (κ1) is 11.7. The van der Waals surface area contributed by atoms with E-state index in [9.17, 15) is 10.1 Å². The quantitative estimate of drug-likeness (QED) is 0.440. The molecule has 0 N–H and O–H groups in total. The Hall–Kier alpha value is -2.35. The molecule has 0 amide bonds. The van der Waals surface area contributed by atoms with Crippen molar-refractivity contribution in [3.8, 4) is 6.07 Å². The highest BCUT2D eigenvalue weighted by atomic mass is 16.6. The maximum atomic E-state index is 10.4. The summed E-state index contributed by atoms with van der Waals surface area (Å²) in [7, 11) is 3.81. The molecule has 5 nitrogen and oxygen atoms in total. The zero-order valence-electron chi connectivity index (χ0n) is 9.04. The van der Waals surface area contributed by atoms with Gasteiger partial charge in [0.1, 0.15) is 0 Å². The van der Waals surface area contributed by atoms with Gasteiger partial charge in [0.2, 0.25) is 0 Å². The van der Waals surface area contributed by atoms with Crippen molar-refractivity contribution < 1.29 is 4.92 Å². The Balaban J connectivity index is 3.00. The first-order chi connectivity index (χ1) is 7.54. The SMILES string of the molecule is CN(C)c1ccc(C=C(C#N)[N+](=O)[O-])cc1. The predicted molar refractivity (Wildman–Crippen MR) is 61.4 cm³/mol. The van der Waals surface area contributed by atoms with E-state index < -0.39 is 10.6 Å². The van der Waals surface area contributed by atoms with E-state index in [1.54, 1.807) is 12.1 Å². The monoisotopic (exact) mass is 217 g/mol. The lowest BCUT2D eigenvalue weighted by Gasteiger charge is -2.11. The molecule has 0 heterocycles. The van der Waals surface area contributed by atoms with Crippen molar-refractivity contribution in [2.24, 2.45) is 0 Å². The Bertz CT molecular complexity index is 455. The van der Waals surface area contributed by atoms with Crippen molar-refractivity contribution in [3.05, 3.63) is 45.6 Å². The highest BCUT2D eigenvalue weighted by molar-refractivity contribution is 5.58. The van der Waals surface area contributed by atoms with E-state index in [1.807, 2.05) is 31.1 Å². The van der Waals surface area contributed by atoms with Crippen LogP contribution in [0.3, 0.4) is 0 Å². The minimum atomic E-state index is -0.695. The van der Waals surface area contributed by atoms with Crippen molar-refractivity contribution >= 4 is 11.8 Å². The molecule has 0 aliphatic rings. The van der Waals surface area contributed by atoms with Gasteiger partial charge >= 0.3 is 5.70 Å². The number of rotatable bonds is 3. The summed E-state index contributed by atoms with van der Waals surface area (Å²) in [5, 5.41) is 18.9. The van der Waals surface area contributed by atoms with Gasteiger partial charge in [0, 0.05) is 25.9 Å². The van der Waals surface area contributed by atoms with Crippen molar-refractivity contribution in [2.75, 3.05) is 19.0 Å². The summed E-state index contributed by atoms with van der Waals surface area (Å²) in [5.74, 6) is 0. The molecule has 0 bridgehead atoms. The van der Waals surface area contributed by atoms with E-state index >= 15 is 0 Å². The van der Waals surface area contributed by atoms with E-state index in [0.29, 0.717) is 5.56 Å². The molecule has 82 valence electrons. The minimum Gasteiger partial charge on any atom is -0.378 e. The third kappa shape index (κ3) is 2.82. The Morgan fingerprint density at radius 2 is 2.00 bits per heavy atom. The van der Waals surface area contributed by atoms with E-state index in [1.165, 1.54) is 12.1 Å². The van der Waals surface area contributed by atoms with Crippen LogP contribution in [-0.4, -0.2) is 19.0 Å². The second kappa shape index (κ2) is 4.94. The van der Waals surface area contributed by atoms with Crippen molar-refractivity contribution in [1.29, 1.82) is 5.26 Å². The molecule has 0 aromatic heterocycles.